The normalized spacial score (nSPS) is 23.5. The van der Waals surface area contributed by atoms with Gasteiger partial charge in [-0.3, -0.25) is 4.79 Å². The maximum atomic E-state index is 15.6. The second-order valence-corrected chi connectivity index (χ2v) is 11.2. The molecule has 3 N–H and O–H groups in total. The Kier molecular flexibility index (Phi) is 6.32. The molecule has 9 heteroatoms. The van der Waals surface area contributed by atoms with Gasteiger partial charge in [0.2, 0.25) is 10.0 Å². The highest BCUT2D eigenvalue weighted by Gasteiger charge is 2.63. The lowest BCUT2D eigenvalue weighted by molar-refractivity contribution is -0.142. The van der Waals surface area contributed by atoms with Gasteiger partial charge in [-0.1, -0.05) is 48.5 Å². The van der Waals surface area contributed by atoms with E-state index in [9.17, 15) is 22.7 Å². The number of hydrogen-bond donors (Lipinski definition) is 2. The maximum Gasteiger partial charge on any atom is 0.254 e. The quantitative estimate of drug-likeness (QED) is 0.639. The fourth-order valence-electron chi connectivity index (χ4n) is 5.37. The van der Waals surface area contributed by atoms with Gasteiger partial charge in [-0.2, -0.15) is 0 Å². The number of nitrogens with two attached hydrogens (primary N) is 1. The average Bonchev–Trinajstić information content (AvgIpc) is 3.49. The third-order valence-corrected chi connectivity index (χ3v) is 8.56. The highest BCUT2D eigenvalue weighted by atomic mass is 32.2. The molecule has 4 atom stereocenters. The lowest BCUT2D eigenvalue weighted by atomic mass is 9.82. The fourth-order valence-corrected chi connectivity index (χ4v) is 6.25. The molecule has 2 fully saturated rings. The number of carbonyl (C=O) groups is 1. The minimum Gasteiger partial charge on any atom is -0.381 e. The molecular weight excluding hydrogens is 450 g/mol. The van der Waals surface area contributed by atoms with Crippen LogP contribution in [-0.4, -0.2) is 54.9 Å². The molecular formula is C24H28F2N2O4S. The Morgan fingerprint density at radius 1 is 1.21 bits per heavy atom. The van der Waals surface area contributed by atoms with Gasteiger partial charge in [0.25, 0.3) is 5.91 Å². The number of carbonyl (C=O) groups excluding carboxylic acids is 1. The molecule has 1 saturated carbocycles. The van der Waals surface area contributed by atoms with Gasteiger partial charge in [0.15, 0.2) is 6.10 Å². The average molecular weight is 479 g/mol. The second kappa shape index (κ2) is 8.77. The van der Waals surface area contributed by atoms with Gasteiger partial charge in [-0.25, -0.2) is 22.3 Å². The molecule has 1 unspecified atom stereocenters. The third-order valence-electron chi connectivity index (χ3n) is 7.23. The summed E-state index contributed by atoms with van der Waals surface area (Å²) in [5.74, 6) is -1.82. The Hall–Kier alpha value is -2.36. The summed E-state index contributed by atoms with van der Waals surface area (Å²) in [4.78, 5) is 14.2. The van der Waals surface area contributed by atoms with E-state index in [4.69, 9.17) is 5.14 Å². The van der Waals surface area contributed by atoms with Crippen molar-refractivity contribution in [1.29, 1.82) is 0 Å². The van der Waals surface area contributed by atoms with E-state index < -0.39 is 57.2 Å². The van der Waals surface area contributed by atoms with Crippen LogP contribution in [0, 0.1) is 17.2 Å². The van der Waals surface area contributed by atoms with Crippen molar-refractivity contribution in [2.24, 2.45) is 16.5 Å². The molecule has 1 aliphatic heterocycles. The first-order valence-corrected chi connectivity index (χ1v) is 12.6. The van der Waals surface area contributed by atoms with Gasteiger partial charge in [-0.15, -0.1) is 0 Å². The van der Waals surface area contributed by atoms with Gasteiger partial charge in [0.1, 0.15) is 12.5 Å². The van der Waals surface area contributed by atoms with Gasteiger partial charge < -0.3 is 10.0 Å². The smallest absolute Gasteiger partial charge is 0.254 e. The van der Waals surface area contributed by atoms with Crippen LogP contribution in [0.4, 0.5) is 8.78 Å². The molecule has 178 valence electrons. The van der Waals surface area contributed by atoms with Crippen molar-refractivity contribution in [2.75, 3.05) is 13.2 Å². The van der Waals surface area contributed by atoms with Crippen LogP contribution in [0.15, 0.2) is 48.5 Å². The van der Waals surface area contributed by atoms with E-state index in [2.05, 4.69) is 0 Å². The van der Waals surface area contributed by atoms with Crippen molar-refractivity contribution in [3.63, 3.8) is 0 Å². The molecule has 1 amide bonds. The Labute approximate surface area is 192 Å². The van der Waals surface area contributed by atoms with Crippen LogP contribution >= 0.6 is 0 Å². The monoisotopic (exact) mass is 478 g/mol. The predicted molar refractivity (Wildman–Crippen MR) is 121 cm³/mol. The number of alkyl halides is 1. The molecule has 1 aliphatic carbocycles. The van der Waals surface area contributed by atoms with Crippen LogP contribution in [0.25, 0.3) is 11.1 Å². The first-order chi connectivity index (χ1) is 15.6. The number of sulfonamides is 1. The number of nitrogens with zero attached hydrogens (tertiary/aromatic N) is 1. The van der Waals surface area contributed by atoms with E-state index in [1.54, 1.807) is 42.5 Å². The highest BCUT2D eigenvalue weighted by molar-refractivity contribution is 7.89. The molecule has 1 spiro atoms. The number of aliphatic hydroxyl groups is 1. The van der Waals surface area contributed by atoms with Crippen molar-refractivity contribution in [1.82, 2.24) is 4.90 Å². The summed E-state index contributed by atoms with van der Waals surface area (Å²) in [7, 11) is -3.95. The molecule has 33 heavy (non-hydrogen) atoms. The summed E-state index contributed by atoms with van der Waals surface area (Å²) in [5, 5.41) is 14.4. The Morgan fingerprint density at radius 2 is 1.88 bits per heavy atom. The number of likely N-dealkylation sites (tertiary alicyclic amines) is 1. The first kappa shape index (κ1) is 23.8. The predicted octanol–water partition coefficient (Wildman–Crippen LogP) is 2.65. The number of benzene rings is 2. The molecule has 0 radical (unpaired) electrons. The summed E-state index contributed by atoms with van der Waals surface area (Å²) >= 11 is 0. The van der Waals surface area contributed by atoms with E-state index in [0.29, 0.717) is 29.5 Å². The van der Waals surface area contributed by atoms with Crippen LogP contribution in [0.1, 0.15) is 25.3 Å². The Balaban J connectivity index is 1.75. The number of rotatable bonds is 7. The SMILES string of the molecule is CC([C@@H]1[C@H](Cc2cccc(-c3ccccc3)c2F)N(C(=O)[C@H](O)CF)CC12CC2)S(N)(=O)=O. The number of halogens is 2. The molecule has 1 saturated heterocycles. The zero-order chi connectivity index (χ0) is 24.0. The van der Waals surface area contributed by atoms with Crippen molar-refractivity contribution in [3.05, 3.63) is 59.9 Å². The van der Waals surface area contributed by atoms with E-state index in [-0.39, 0.29) is 13.0 Å². The first-order valence-electron chi connectivity index (χ1n) is 11.0. The number of hydrogen-bond acceptors (Lipinski definition) is 4. The topological polar surface area (TPSA) is 101 Å². The van der Waals surface area contributed by atoms with Crippen molar-refractivity contribution >= 4 is 15.9 Å². The zero-order valence-electron chi connectivity index (χ0n) is 18.3. The number of aliphatic hydroxyl groups excluding tert-OH is 1. The van der Waals surface area contributed by atoms with Crippen LogP contribution in [0.3, 0.4) is 0 Å². The maximum absolute atomic E-state index is 15.6. The van der Waals surface area contributed by atoms with E-state index >= 15 is 4.39 Å². The summed E-state index contributed by atoms with van der Waals surface area (Å²) in [6.07, 6.45) is -0.428. The Bertz CT molecular complexity index is 1140. The van der Waals surface area contributed by atoms with E-state index in [1.807, 2.05) is 6.07 Å². The second-order valence-electron chi connectivity index (χ2n) is 9.23. The van der Waals surface area contributed by atoms with Crippen LogP contribution < -0.4 is 5.14 Å². The van der Waals surface area contributed by atoms with Crippen molar-refractivity contribution in [2.45, 2.75) is 43.6 Å². The zero-order valence-corrected chi connectivity index (χ0v) is 19.1. The van der Waals surface area contributed by atoms with Crippen LogP contribution in [0.5, 0.6) is 0 Å². The van der Waals surface area contributed by atoms with Crippen molar-refractivity contribution in [3.8, 4) is 11.1 Å². The largest absolute Gasteiger partial charge is 0.381 e. The number of amides is 1. The molecule has 0 bridgehead atoms. The van der Waals surface area contributed by atoms with Gasteiger partial charge in [0, 0.05) is 24.1 Å². The van der Waals surface area contributed by atoms with Gasteiger partial charge >= 0.3 is 0 Å². The molecule has 2 aromatic rings. The summed E-state index contributed by atoms with van der Waals surface area (Å²) in [6.45, 7) is 0.448. The van der Waals surface area contributed by atoms with Crippen LogP contribution in [0.2, 0.25) is 0 Å². The molecule has 2 aromatic carbocycles. The van der Waals surface area contributed by atoms with Crippen LogP contribution in [-0.2, 0) is 21.2 Å². The minimum atomic E-state index is -3.95. The third kappa shape index (κ3) is 4.41. The van der Waals surface area contributed by atoms with Crippen molar-refractivity contribution < 1.29 is 27.1 Å². The molecule has 4 rings (SSSR count). The molecule has 1 heterocycles. The van der Waals surface area contributed by atoms with Gasteiger partial charge in [0.05, 0.1) is 5.25 Å². The number of primary sulfonamides is 1. The standard InChI is InChI=1S/C24H28F2N2O4S/c1-15(33(27,31)32)21-19(28(14-24(21)10-11-24)23(30)20(29)13-25)12-17-8-5-9-18(22(17)26)16-6-3-2-4-7-16/h2-9,15,19-21,29H,10-14H2,1H3,(H2,27,31,32)/t15?,19-,20+,21+/m0/s1. The summed E-state index contributed by atoms with van der Waals surface area (Å²) < 4.78 is 53.3. The molecule has 0 aromatic heterocycles. The lowest BCUT2D eigenvalue weighted by Gasteiger charge is -2.32. The highest BCUT2D eigenvalue weighted by Crippen LogP contribution is 2.60. The molecule has 6 nitrogen and oxygen atoms in total. The van der Waals surface area contributed by atoms with E-state index in [1.165, 1.54) is 11.8 Å². The summed E-state index contributed by atoms with van der Waals surface area (Å²) in [5.41, 5.74) is 0.927. The van der Waals surface area contributed by atoms with E-state index in [0.717, 1.165) is 0 Å². The summed E-state index contributed by atoms with van der Waals surface area (Å²) in [6, 6.07) is 13.2. The Morgan fingerprint density at radius 3 is 2.45 bits per heavy atom. The lowest BCUT2D eigenvalue weighted by Crippen LogP contribution is -2.48. The fraction of sp³-hybridized carbons (Fsp3) is 0.458. The minimum absolute atomic E-state index is 0.0313. The molecule has 2 aliphatic rings. The van der Waals surface area contributed by atoms with Gasteiger partial charge in [-0.05, 0) is 42.7 Å².